The number of fused-ring (bicyclic) bond motifs is 2. The van der Waals surface area contributed by atoms with E-state index in [1.54, 1.807) is 0 Å². The zero-order valence-electron chi connectivity index (χ0n) is 36.7. The molecule has 5 aromatic rings. The molecule has 5 N–H and O–H groups in total. The van der Waals surface area contributed by atoms with Gasteiger partial charge in [-0.25, -0.2) is 22.5 Å². The Kier molecular flexibility index (Phi) is 17.1. The molecule has 13 heteroatoms. The van der Waals surface area contributed by atoms with Crippen LogP contribution < -0.4 is 10.6 Å². The Morgan fingerprint density at radius 3 is 1.65 bits per heavy atom. The molecule has 0 radical (unpaired) electrons. The van der Waals surface area contributed by atoms with Gasteiger partial charge in [-0.3, -0.25) is 9.89 Å². The van der Waals surface area contributed by atoms with E-state index in [-0.39, 0.29) is 31.5 Å². The smallest absolute Gasteiger partial charge is 0.311 e. The predicted octanol–water partition coefficient (Wildman–Crippen LogP) is 8.45. The number of nitrogens with one attached hydrogen (secondary N) is 3. The van der Waals surface area contributed by atoms with Crippen LogP contribution in [0.2, 0.25) is 0 Å². The molecule has 7 rings (SSSR count). The molecular formula is C50H61F4N5O4. The van der Waals surface area contributed by atoms with Crippen LogP contribution in [0.5, 0.6) is 0 Å². The van der Waals surface area contributed by atoms with Crippen molar-refractivity contribution in [1.82, 2.24) is 25.8 Å². The Hall–Kier alpha value is -4.95. The lowest BCUT2D eigenvalue weighted by Gasteiger charge is -2.29. The maximum Gasteiger partial charge on any atom is 0.311 e. The molecule has 6 unspecified atom stereocenters. The van der Waals surface area contributed by atoms with Crippen LogP contribution in [0.3, 0.4) is 0 Å². The van der Waals surface area contributed by atoms with Crippen LogP contribution in [0.25, 0.3) is 0 Å². The molecule has 63 heavy (non-hydrogen) atoms. The first-order valence-corrected chi connectivity index (χ1v) is 22.3. The molecule has 0 saturated heterocycles. The number of nitrogens with zero attached hydrogens (tertiary/aromatic N) is 2. The molecule has 2 aliphatic rings. The van der Waals surface area contributed by atoms with Gasteiger partial charge < -0.3 is 25.6 Å². The first kappa shape index (κ1) is 47.5. The minimum atomic E-state index is -1.05. The second-order valence-corrected chi connectivity index (χ2v) is 16.8. The van der Waals surface area contributed by atoms with Crippen LogP contribution >= 0.6 is 0 Å². The lowest BCUT2D eigenvalue weighted by Crippen LogP contribution is -2.40. The fraction of sp³-hybridized carbons (Fsp3) is 0.460. The second-order valence-electron chi connectivity index (χ2n) is 16.8. The molecular weight excluding hydrogens is 811 g/mol. The van der Waals surface area contributed by atoms with Crippen molar-refractivity contribution in [2.75, 3.05) is 20.2 Å². The molecule has 0 aliphatic heterocycles. The van der Waals surface area contributed by atoms with E-state index >= 15 is 0 Å². The monoisotopic (exact) mass is 871 g/mol. The van der Waals surface area contributed by atoms with Crippen molar-refractivity contribution in [3.63, 3.8) is 0 Å². The lowest BCUT2D eigenvalue weighted by atomic mass is 9.85. The summed E-state index contributed by atoms with van der Waals surface area (Å²) in [6, 6.07) is 20.1. The summed E-state index contributed by atoms with van der Waals surface area (Å²) in [5.41, 5.74) is 8.57. The van der Waals surface area contributed by atoms with Crippen LogP contribution in [-0.4, -0.2) is 63.8 Å². The van der Waals surface area contributed by atoms with Crippen molar-refractivity contribution in [2.24, 2.45) is 5.92 Å². The van der Waals surface area contributed by atoms with Crippen molar-refractivity contribution in [2.45, 2.75) is 122 Å². The summed E-state index contributed by atoms with van der Waals surface area (Å²) >= 11 is 0. The lowest BCUT2D eigenvalue weighted by molar-refractivity contribution is -0.149. The summed E-state index contributed by atoms with van der Waals surface area (Å²) in [7, 11) is 1.24. The fourth-order valence-electron chi connectivity index (χ4n) is 8.90. The molecule has 0 spiro atoms. The van der Waals surface area contributed by atoms with E-state index in [1.807, 2.05) is 6.92 Å². The van der Waals surface area contributed by atoms with Crippen LogP contribution in [0, 0.1) is 29.2 Å². The SMILES string of the molecule is CCc1ccc2c(c1)C(NCC(O)C(Cc1cc(F)cc(F)c1)C(=O)OC)CCC2.CCc1ccc2c(c1)C(NCC(O)C(Cc1cc(F)cc(F)c1)c1n[nH]c(CC)n1)CCC2. The molecule has 9 nitrogen and oxygen atoms in total. The maximum atomic E-state index is 13.8. The summed E-state index contributed by atoms with van der Waals surface area (Å²) in [5, 5.41) is 36.0. The Bertz CT molecular complexity index is 2250. The topological polar surface area (TPSA) is 132 Å². The van der Waals surface area contributed by atoms with E-state index in [9.17, 15) is 32.6 Å². The first-order valence-electron chi connectivity index (χ1n) is 22.3. The van der Waals surface area contributed by atoms with Gasteiger partial charge in [0.1, 0.15) is 29.1 Å². The maximum absolute atomic E-state index is 13.8. The molecule has 2 aliphatic carbocycles. The summed E-state index contributed by atoms with van der Waals surface area (Å²) in [4.78, 5) is 16.8. The number of hydrogen-bond donors (Lipinski definition) is 5. The molecule has 0 fully saturated rings. The van der Waals surface area contributed by atoms with Gasteiger partial charge in [-0.15, -0.1) is 0 Å². The first-order chi connectivity index (χ1) is 30.4. The number of hydrogen-bond acceptors (Lipinski definition) is 8. The fourth-order valence-corrected chi connectivity index (χ4v) is 8.90. The molecule has 1 heterocycles. The molecule has 0 bridgehead atoms. The van der Waals surface area contributed by atoms with Crippen molar-refractivity contribution >= 4 is 5.97 Å². The number of aromatic amines is 1. The van der Waals surface area contributed by atoms with E-state index in [1.165, 1.54) is 64.8 Å². The number of aryl methyl sites for hydroxylation is 5. The minimum Gasteiger partial charge on any atom is -0.469 e. The average molecular weight is 872 g/mol. The van der Waals surface area contributed by atoms with Crippen LogP contribution in [0.1, 0.15) is 121 Å². The van der Waals surface area contributed by atoms with Crippen molar-refractivity contribution < 1.29 is 37.3 Å². The van der Waals surface area contributed by atoms with Gasteiger partial charge in [0.15, 0.2) is 5.82 Å². The zero-order valence-corrected chi connectivity index (χ0v) is 36.7. The highest BCUT2D eigenvalue weighted by atomic mass is 19.1. The van der Waals surface area contributed by atoms with Gasteiger partial charge in [-0.1, -0.05) is 57.2 Å². The standard InChI is InChI=1S/C26H32F2N4O.C24H29F2NO3/c1-3-16-8-9-18-6-5-7-23(21(18)12-16)29-15-24(33)22(26-30-25(4-2)31-32-26)13-17-10-19(27)14-20(28)11-17;1-3-15-7-8-17-5-4-6-22(20(17)11-15)27-14-23(28)21(24(29)30-2)12-16-9-18(25)13-19(26)10-16/h8-12,14,22-24,29,33H,3-7,13,15H2,1-2H3,(H,30,31,32);7-11,13,21-23,27-28H,3-6,12,14H2,1-2H3. The molecule has 1 aromatic heterocycles. The normalized spacial score (nSPS) is 17.7. The number of esters is 1. The van der Waals surface area contributed by atoms with Crippen LogP contribution in [0.4, 0.5) is 17.6 Å². The van der Waals surface area contributed by atoms with E-state index in [0.29, 0.717) is 35.7 Å². The average Bonchev–Trinajstić information content (AvgIpc) is 3.76. The highest BCUT2D eigenvalue weighted by molar-refractivity contribution is 5.73. The number of benzene rings is 4. The van der Waals surface area contributed by atoms with E-state index in [2.05, 4.69) is 76.1 Å². The third kappa shape index (κ3) is 12.8. The number of aromatic nitrogens is 3. The van der Waals surface area contributed by atoms with E-state index in [0.717, 1.165) is 63.5 Å². The summed E-state index contributed by atoms with van der Waals surface area (Å²) in [5.74, 6) is -3.55. The predicted molar refractivity (Wildman–Crippen MR) is 235 cm³/mol. The number of carbonyl (C=O) groups excluding carboxylic acids is 1. The number of methoxy groups -OCH3 is 1. The van der Waals surface area contributed by atoms with Crippen LogP contribution in [0.15, 0.2) is 72.8 Å². The van der Waals surface area contributed by atoms with Gasteiger partial charge in [0.2, 0.25) is 0 Å². The Morgan fingerprint density at radius 1 is 0.698 bits per heavy atom. The quantitative estimate of drug-likeness (QED) is 0.0465. The summed E-state index contributed by atoms with van der Waals surface area (Å²) in [6.07, 6.45) is 7.19. The number of ether oxygens (including phenoxy) is 1. The van der Waals surface area contributed by atoms with Gasteiger partial charge in [-0.2, -0.15) is 5.10 Å². The number of aliphatic hydroxyl groups is 2. The molecule has 338 valence electrons. The number of H-pyrrole nitrogens is 1. The Labute approximate surface area is 368 Å². The Morgan fingerprint density at radius 2 is 1.19 bits per heavy atom. The second kappa shape index (κ2) is 22.6. The summed E-state index contributed by atoms with van der Waals surface area (Å²) < 4.78 is 59.4. The van der Waals surface area contributed by atoms with Gasteiger partial charge in [0, 0.05) is 43.7 Å². The van der Waals surface area contributed by atoms with Gasteiger partial charge >= 0.3 is 5.97 Å². The largest absolute Gasteiger partial charge is 0.469 e. The molecule has 6 atom stereocenters. The third-order valence-electron chi connectivity index (χ3n) is 12.4. The van der Waals surface area contributed by atoms with E-state index < -0.39 is 53.3 Å². The van der Waals surface area contributed by atoms with Crippen LogP contribution in [-0.2, 0) is 54.5 Å². The summed E-state index contributed by atoms with van der Waals surface area (Å²) in [6.45, 7) is 6.74. The third-order valence-corrected chi connectivity index (χ3v) is 12.4. The highest BCUT2D eigenvalue weighted by Crippen LogP contribution is 2.33. The number of rotatable bonds is 17. The molecule has 4 aromatic carbocycles. The number of carbonyl (C=O) groups is 1. The zero-order chi connectivity index (χ0) is 45.0. The van der Waals surface area contributed by atoms with Crippen molar-refractivity contribution in [1.29, 1.82) is 0 Å². The van der Waals surface area contributed by atoms with Gasteiger partial charge in [-0.05, 0) is 133 Å². The van der Waals surface area contributed by atoms with Gasteiger partial charge in [0.05, 0.1) is 31.2 Å². The molecule has 0 amide bonds. The number of halogens is 4. The molecule has 0 saturated carbocycles. The van der Waals surface area contributed by atoms with Gasteiger partial charge in [0.25, 0.3) is 0 Å². The minimum absolute atomic E-state index is 0.00850. The van der Waals surface area contributed by atoms with Crippen molar-refractivity contribution in [3.8, 4) is 0 Å². The van der Waals surface area contributed by atoms with E-state index in [4.69, 9.17) is 4.74 Å². The number of aliphatic hydroxyl groups excluding tert-OH is 2. The highest BCUT2D eigenvalue weighted by Gasteiger charge is 2.31. The Balaban J connectivity index is 0.000000211. The van der Waals surface area contributed by atoms with Crippen molar-refractivity contribution in [3.05, 3.63) is 152 Å².